The van der Waals surface area contributed by atoms with Crippen molar-refractivity contribution < 1.29 is 28.4 Å². The van der Waals surface area contributed by atoms with Crippen LogP contribution in [0.15, 0.2) is 44.2 Å². The van der Waals surface area contributed by atoms with E-state index in [1.54, 1.807) is 17.2 Å². The molecule has 2 aliphatic rings. The lowest BCUT2D eigenvalue weighted by Crippen LogP contribution is -2.45. The Bertz CT molecular complexity index is 1560. The maximum Gasteiger partial charge on any atom is 0.362 e. The van der Waals surface area contributed by atoms with Gasteiger partial charge in [-0.25, -0.2) is 14.8 Å². The molecule has 3 aromatic rings. The maximum atomic E-state index is 13.7. The molecule has 2 aromatic heterocycles. The highest BCUT2D eigenvalue weighted by Crippen LogP contribution is 2.24. The molecule has 14 heteroatoms. The number of thiazole rings is 1. The molecule has 1 atom stereocenters. The summed E-state index contributed by atoms with van der Waals surface area (Å²) in [5.74, 6) is 0.217. The lowest BCUT2D eigenvalue weighted by molar-refractivity contribution is -0.140. The molecule has 44 heavy (non-hydrogen) atoms. The number of esters is 1. The van der Waals surface area contributed by atoms with Gasteiger partial charge in [0.1, 0.15) is 30.2 Å². The van der Waals surface area contributed by atoms with Crippen LogP contribution in [0, 0.1) is 6.92 Å². The Morgan fingerprint density at radius 2 is 1.93 bits per heavy atom. The molecule has 13 nitrogen and oxygen atoms in total. The Kier molecular flexibility index (Phi) is 10.1. The number of carbonyl (C=O) groups excluding carboxylic acids is 3. The van der Waals surface area contributed by atoms with Gasteiger partial charge in [0.25, 0.3) is 0 Å². The fourth-order valence-corrected chi connectivity index (χ4v) is 5.95. The standard InChI is InChI=1S/C30H37N7O6S/c1-4-42-28(40)26(35-41-3)23-18-44-30(33-23)34-29(31-21-10-11-24-20(16-21)15-19(2)43-24)32-22-9-5-6-14-37(27(22)39)17-25(38)36-12-7-8-13-36/h10-11,15-16,18,22H,4-9,12-14,17H2,1-3H3,(H2,31,32,33,34)/b35-26-/t22-/m0/s1. The van der Waals surface area contributed by atoms with E-state index < -0.39 is 12.0 Å². The van der Waals surface area contributed by atoms with Crippen LogP contribution >= 0.6 is 11.3 Å². The lowest BCUT2D eigenvalue weighted by Gasteiger charge is -2.25. The van der Waals surface area contributed by atoms with Crippen molar-refractivity contribution in [2.75, 3.05) is 50.5 Å². The average Bonchev–Trinajstić information content (AvgIpc) is 3.75. The first-order valence-corrected chi connectivity index (χ1v) is 15.7. The van der Waals surface area contributed by atoms with Gasteiger partial charge in [-0.3, -0.25) is 9.59 Å². The van der Waals surface area contributed by atoms with Crippen LogP contribution in [0.1, 0.15) is 50.5 Å². The Balaban J connectivity index is 1.41. The first kappa shape index (κ1) is 31.0. The molecule has 2 amide bonds. The number of benzene rings is 1. The van der Waals surface area contributed by atoms with Gasteiger partial charge in [-0.2, -0.15) is 0 Å². The number of anilines is 2. The summed E-state index contributed by atoms with van der Waals surface area (Å²) in [5.41, 5.74) is 1.68. The van der Waals surface area contributed by atoms with Gasteiger partial charge in [0, 0.05) is 36.1 Å². The third-order valence-electron chi connectivity index (χ3n) is 7.35. The van der Waals surface area contributed by atoms with E-state index in [-0.39, 0.29) is 42.3 Å². The van der Waals surface area contributed by atoms with Crippen molar-refractivity contribution in [2.24, 2.45) is 10.1 Å². The molecule has 1 aromatic carbocycles. The second-order valence-electron chi connectivity index (χ2n) is 10.6. The highest BCUT2D eigenvalue weighted by atomic mass is 32.1. The number of likely N-dealkylation sites (tertiary alicyclic amines) is 2. The van der Waals surface area contributed by atoms with Gasteiger partial charge in [0.15, 0.2) is 5.13 Å². The van der Waals surface area contributed by atoms with Crippen molar-refractivity contribution >= 4 is 62.6 Å². The van der Waals surface area contributed by atoms with Crippen LogP contribution in [0.2, 0.25) is 0 Å². The SMILES string of the molecule is CCOC(=O)/C(=N\OC)c1csc(NC(=N[C@H]2CCCCN(CC(=O)N3CCCC3)C2=O)Nc2ccc3oc(C)cc3c2)n1. The molecule has 234 valence electrons. The number of hydrogen-bond acceptors (Lipinski definition) is 10. The maximum absolute atomic E-state index is 13.7. The molecule has 0 spiro atoms. The monoisotopic (exact) mass is 623 g/mol. The number of carbonyl (C=O) groups is 3. The zero-order chi connectivity index (χ0) is 31.1. The van der Waals surface area contributed by atoms with E-state index in [9.17, 15) is 14.4 Å². The summed E-state index contributed by atoms with van der Waals surface area (Å²) in [4.78, 5) is 56.7. The molecule has 0 saturated carbocycles. The molecule has 2 saturated heterocycles. The second kappa shape index (κ2) is 14.3. The van der Waals surface area contributed by atoms with Crippen molar-refractivity contribution in [3.63, 3.8) is 0 Å². The zero-order valence-electron chi connectivity index (χ0n) is 25.1. The third kappa shape index (κ3) is 7.54. The van der Waals surface area contributed by atoms with E-state index >= 15 is 0 Å². The van der Waals surface area contributed by atoms with Gasteiger partial charge in [-0.05, 0) is 70.2 Å². The molecule has 2 fully saturated rings. The molecule has 0 aliphatic carbocycles. The minimum absolute atomic E-state index is 0.0221. The predicted molar refractivity (Wildman–Crippen MR) is 168 cm³/mol. The van der Waals surface area contributed by atoms with E-state index in [4.69, 9.17) is 19.0 Å². The molecule has 0 radical (unpaired) electrons. The Labute approximate surface area is 259 Å². The number of guanidine groups is 1. The summed E-state index contributed by atoms with van der Waals surface area (Å²) in [5, 5.41) is 13.3. The van der Waals surface area contributed by atoms with Crippen molar-refractivity contribution in [2.45, 2.75) is 52.0 Å². The molecule has 2 N–H and O–H groups in total. The van der Waals surface area contributed by atoms with Crippen LogP contribution in [0.4, 0.5) is 10.8 Å². The minimum Gasteiger partial charge on any atom is -0.461 e. The summed E-state index contributed by atoms with van der Waals surface area (Å²) < 4.78 is 10.8. The van der Waals surface area contributed by atoms with Gasteiger partial charge >= 0.3 is 5.97 Å². The Hall–Kier alpha value is -4.46. The highest BCUT2D eigenvalue weighted by molar-refractivity contribution is 7.14. The van der Waals surface area contributed by atoms with E-state index in [2.05, 4.69) is 20.8 Å². The van der Waals surface area contributed by atoms with Crippen LogP contribution in [0.3, 0.4) is 0 Å². The van der Waals surface area contributed by atoms with Gasteiger partial charge < -0.3 is 34.4 Å². The van der Waals surface area contributed by atoms with Crippen LogP contribution in [0.25, 0.3) is 11.0 Å². The minimum atomic E-state index is -0.705. The van der Waals surface area contributed by atoms with Crippen molar-refractivity contribution in [1.29, 1.82) is 0 Å². The largest absolute Gasteiger partial charge is 0.461 e. The van der Waals surface area contributed by atoms with E-state index in [0.29, 0.717) is 18.1 Å². The Morgan fingerprint density at radius 3 is 2.70 bits per heavy atom. The van der Waals surface area contributed by atoms with Gasteiger partial charge in [0.2, 0.25) is 23.5 Å². The molecule has 5 rings (SSSR count). The smallest absolute Gasteiger partial charge is 0.362 e. The van der Waals surface area contributed by atoms with Crippen LogP contribution < -0.4 is 10.6 Å². The molecule has 0 unspecified atom stereocenters. The Morgan fingerprint density at radius 1 is 1.14 bits per heavy atom. The van der Waals surface area contributed by atoms with Gasteiger partial charge in [0.05, 0.1) is 13.2 Å². The highest BCUT2D eigenvalue weighted by Gasteiger charge is 2.30. The molecule has 2 aliphatic heterocycles. The fourth-order valence-electron chi connectivity index (χ4n) is 5.25. The first-order chi connectivity index (χ1) is 21.3. The number of furan rings is 1. The van der Waals surface area contributed by atoms with E-state index in [1.165, 1.54) is 18.4 Å². The van der Waals surface area contributed by atoms with Crippen molar-refractivity contribution in [3.8, 4) is 0 Å². The number of amides is 2. The van der Waals surface area contributed by atoms with Gasteiger partial charge in [-0.1, -0.05) is 5.16 Å². The summed E-state index contributed by atoms with van der Waals surface area (Å²) in [6, 6.07) is 6.88. The molecular formula is C30H37N7O6S. The number of aromatic nitrogens is 1. The predicted octanol–water partition coefficient (Wildman–Crippen LogP) is 3.99. The summed E-state index contributed by atoms with van der Waals surface area (Å²) >= 11 is 1.23. The van der Waals surface area contributed by atoms with Crippen molar-refractivity contribution in [1.82, 2.24) is 14.8 Å². The number of aryl methyl sites for hydroxylation is 1. The van der Waals surface area contributed by atoms with Crippen LogP contribution in [-0.4, -0.2) is 90.2 Å². The second-order valence-corrected chi connectivity index (χ2v) is 11.4. The normalized spacial score (nSPS) is 18.0. The summed E-state index contributed by atoms with van der Waals surface area (Å²) in [6.07, 6.45) is 4.11. The van der Waals surface area contributed by atoms with Gasteiger partial charge in [-0.15, -0.1) is 11.3 Å². The average molecular weight is 624 g/mol. The number of rotatable bonds is 9. The quantitative estimate of drug-likeness (QED) is 0.156. The lowest BCUT2D eigenvalue weighted by atomic mass is 10.1. The summed E-state index contributed by atoms with van der Waals surface area (Å²) in [7, 11) is 1.34. The zero-order valence-corrected chi connectivity index (χ0v) is 25.9. The van der Waals surface area contributed by atoms with E-state index in [1.807, 2.05) is 36.1 Å². The fraction of sp³-hybridized carbons (Fsp3) is 0.467. The topological polar surface area (TPSA) is 151 Å². The number of oxime groups is 1. The first-order valence-electron chi connectivity index (χ1n) is 14.8. The molecule has 0 bridgehead atoms. The molecule has 4 heterocycles. The van der Waals surface area contributed by atoms with Crippen LogP contribution in [0.5, 0.6) is 0 Å². The number of nitrogens with one attached hydrogen (secondary N) is 2. The number of fused-ring (bicyclic) bond motifs is 1. The molecular weight excluding hydrogens is 586 g/mol. The summed E-state index contributed by atoms with van der Waals surface area (Å²) in [6.45, 7) is 5.81. The number of hydrogen-bond donors (Lipinski definition) is 2. The number of aliphatic imine (C=N–C) groups is 1. The third-order valence-corrected chi connectivity index (χ3v) is 8.11. The number of nitrogens with zero attached hydrogens (tertiary/aromatic N) is 5. The van der Waals surface area contributed by atoms with E-state index in [0.717, 1.165) is 61.2 Å². The van der Waals surface area contributed by atoms with Crippen LogP contribution in [-0.2, 0) is 24.0 Å². The number of ether oxygens (including phenoxy) is 1. The van der Waals surface area contributed by atoms with Crippen molar-refractivity contribution in [3.05, 3.63) is 41.1 Å².